The lowest BCUT2D eigenvalue weighted by molar-refractivity contribution is -0.116. The molecule has 0 aliphatic carbocycles. The van der Waals surface area contributed by atoms with E-state index in [1.807, 2.05) is 51.9 Å². The van der Waals surface area contributed by atoms with Crippen LogP contribution in [0.1, 0.15) is 34.8 Å². The highest BCUT2D eigenvalue weighted by Crippen LogP contribution is 2.39. The number of carbonyl (C=O) groups is 2. The molecule has 0 radical (unpaired) electrons. The maximum Gasteiger partial charge on any atom is 0.254 e. The summed E-state index contributed by atoms with van der Waals surface area (Å²) in [5.74, 6) is 1.27. The lowest BCUT2D eigenvalue weighted by Gasteiger charge is -2.44. The number of piperidine rings is 1. The fourth-order valence-corrected chi connectivity index (χ4v) is 7.66. The highest BCUT2D eigenvalue weighted by Gasteiger charge is 2.35. The van der Waals surface area contributed by atoms with E-state index in [1.165, 1.54) is 0 Å². The number of pyridine rings is 1. The number of anilines is 3. The van der Waals surface area contributed by atoms with Crippen LogP contribution in [0, 0.1) is 5.92 Å². The van der Waals surface area contributed by atoms with Crippen molar-refractivity contribution in [2.24, 2.45) is 5.92 Å². The second kappa shape index (κ2) is 13.8. The van der Waals surface area contributed by atoms with Crippen molar-refractivity contribution in [2.45, 2.75) is 25.3 Å². The largest absolute Gasteiger partial charge is 0.495 e. The Hall–Kier alpha value is -4.35. The average molecular weight is 641 g/mol. The number of nitrogens with one attached hydrogen (secondary N) is 1. The summed E-state index contributed by atoms with van der Waals surface area (Å²) in [4.78, 5) is 48.5. The fraction of sp³-hybridized carbons (Fsp3) is 0.472. The fourth-order valence-electron chi connectivity index (χ4n) is 7.66. The molecule has 2 atom stereocenters. The topological polar surface area (TPSA) is 99.6 Å². The van der Waals surface area contributed by atoms with E-state index in [-0.39, 0.29) is 23.3 Å². The van der Waals surface area contributed by atoms with Crippen LogP contribution in [0.2, 0.25) is 0 Å². The van der Waals surface area contributed by atoms with E-state index in [9.17, 15) is 14.4 Å². The van der Waals surface area contributed by atoms with Crippen molar-refractivity contribution < 1.29 is 19.1 Å². The third kappa shape index (κ3) is 6.73. The van der Waals surface area contributed by atoms with Gasteiger partial charge in [0.25, 0.3) is 11.5 Å². The van der Waals surface area contributed by atoms with Gasteiger partial charge < -0.3 is 34.1 Å². The van der Waals surface area contributed by atoms with Crippen molar-refractivity contribution in [3.63, 3.8) is 0 Å². The van der Waals surface area contributed by atoms with Crippen molar-refractivity contribution in [1.29, 1.82) is 0 Å². The highest BCUT2D eigenvalue weighted by molar-refractivity contribution is 6.00. The first-order valence-corrected chi connectivity index (χ1v) is 16.8. The quantitative estimate of drug-likeness (QED) is 0.401. The van der Waals surface area contributed by atoms with Crippen molar-refractivity contribution in [1.82, 2.24) is 14.4 Å². The molecule has 0 spiro atoms. The van der Waals surface area contributed by atoms with Crippen LogP contribution in [-0.4, -0.2) is 105 Å². The summed E-state index contributed by atoms with van der Waals surface area (Å²) in [6, 6.07) is 19.3. The molecular formula is C36H44N6O5. The summed E-state index contributed by atoms with van der Waals surface area (Å²) < 4.78 is 13.0. The third-order valence-electron chi connectivity index (χ3n) is 10.1. The number of methoxy groups -OCH3 is 1. The van der Waals surface area contributed by atoms with E-state index in [2.05, 4.69) is 32.1 Å². The molecule has 5 heterocycles. The Morgan fingerprint density at radius 1 is 0.872 bits per heavy atom. The zero-order chi connectivity index (χ0) is 32.3. The Balaban J connectivity index is 1.10. The van der Waals surface area contributed by atoms with Crippen LogP contribution >= 0.6 is 0 Å². The number of para-hydroxylation sites is 2. The van der Waals surface area contributed by atoms with Crippen molar-refractivity contribution in [3.8, 4) is 5.75 Å². The van der Waals surface area contributed by atoms with Crippen molar-refractivity contribution in [3.05, 3.63) is 82.3 Å². The van der Waals surface area contributed by atoms with E-state index in [0.29, 0.717) is 76.1 Å². The van der Waals surface area contributed by atoms with E-state index >= 15 is 0 Å². The van der Waals surface area contributed by atoms with Gasteiger partial charge in [-0.3, -0.25) is 19.3 Å². The summed E-state index contributed by atoms with van der Waals surface area (Å²) in [5, 5.41) is 3.19. The van der Waals surface area contributed by atoms with Gasteiger partial charge in [0.05, 0.1) is 37.4 Å². The Morgan fingerprint density at radius 2 is 1.68 bits per heavy atom. The normalized spacial score (nSPS) is 21.3. The zero-order valence-corrected chi connectivity index (χ0v) is 27.1. The van der Waals surface area contributed by atoms with Crippen molar-refractivity contribution in [2.75, 3.05) is 94.3 Å². The number of hydrogen-bond acceptors (Lipinski definition) is 8. The number of morpholine rings is 1. The number of aromatic nitrogens is 1. The molecule has 0 saturated carbocycles. The monoisotopic (exact) mass is 640 g/mol. The predicted octanol–water partition coefficient (Wildman–Crippen LogP) is 3.10. The minimum atomic E-state index is -0.0677. The summed E-state index contributed by atoms with van der Waals surface area (Å²) in [6.07, 6.45) is 1.41. The van der Waals surface area contributed by atoms with Gasteiger partial charge in [-0.05, 0) is 48.7 Å². The molecule has 1 N–H and O–H groups in total. The van der Waals surface area contributed by atoms with Gasteiger partial charge in [-0.25, -0.2) is 0 Å². The molecule has 2 bridgehead atoms. The molecule has 2 unspecified atom stereocenters. The van der Waals surface area contributed by atoms with Crippen LogP contribution in [0.5, 0.6) is 5.75 Å². The van der Waals surface area contributed by atoms with E-state index in [1.54, 1.807) is 13.2 Å². The third-order valence-corrected chi connectivity index (χ3v) is 10.1. The number of rotatable bonds is 8. The van der Waals surface area contributed by atoms with Gasteiger partial charge in [0.1, 0.15) is 5.75 Å². The molecule has 2 aromatic carbocycles. The molecule has 3 fully saturated rings. The van der Waals surface area contributed by atoms with E-state index in [0.717, 1.165) is 55.4 Å². The number of hydrogen-bond donors (Lipinski definition) is 1. The van der Waals surface area contributed by atoms with Gasteiger partial charge in [-0.2, -0.15) is 0 Å². The van der Waals surface area contributed by atoms with Crippen LogP contribution in [0.4, 0.5) is 17.1 Å². The smallest absolute Gasteiger partial charge is 0.254 e. The van der Waals surface area contributed by atoms with Crippen LogP contribution in [0.15, 0.2) is 65.5 Å². The molecule has 3 saturated heterocycles. The number of amides is 2. The molecule has 47 heavy (non-hydrogen) atoms. The zero-order valence-electron chi connectivity index (χ0n) is 27.1. The lowest BCUT2D eigenvalue weighted by atomic mass is 9.83. The molecule has 3 aromatic rings. The molecule has 2 amide bonds. The maximum atomic E-state index is 13.9. The number of carbonyl (C=O) groups excluding carboxylic acids is 2. The summed E-state index contributed by atoms with van der Waals surface area (Å²) in [6.45, 7) is 8.52. The average Bonchev–Trinajstić information content (AvgIpc) is 3.11. The molecule has 11 nitrogen and oxygen atoms in total. The molecule has 1 aromatic heterocycles. The first kappa shape index (κ1) is 31.3. The molecule has 4 aliphatic rings. The van der Waals surface area contributed by atoms with Crippen LogP contribution in [0.25, 0.3) is 0 Å². The van der Waals surface area contributed by atoms with Gasteiger partial charge in [-0.1, -0.05) is 18.2 Å². The molecular weight excluding hydrogens is 596 g/mol. The van der Waals surface area contributed by atoms with Crippen LogP contribution in [-0.2, 0) is 16.1 Å². The minimum Gasteiger partial charge on any atom is -0.495 e. The lowest BCUT2D eigenvalue weighted by Crippen LogP contribution is -2.49. The summed E-state index contributed by atoms with van der Waals surface area (Å²) >= 11 is 0. The molecule has 4 aliphatic heterocycles. The molecule has 11 heteroatoms. The number of fused-ring (bicyclic) bond motifs is 4. The number of nitrogens with zero attached hydrogens (tertiary/aromatic N) is 5. The maximum absolute atomic E-state index is 13.9. The van der Waals surface area contributed by atoms with Gasteiger partial charge in [-0.15, -0.1) is 0 Å². The second-order valence-corrected chi connectivity index (χ2v) is 13.0. The number of ether oxygens (including phenoxy) is 2. The van der Waals surface area contributed by atoms with E-state index < -0.39 is 0 Å². The second-order valence-electron chi connectivity index (χ2n) is 13.0. The number of piperazine rings is 1. The minimum absolute atomic E-state index is 0.0381. The summed E-state index contributed by atoms with van der Waals surface area (Å²) in [5.41, 5.74) is 4.33. The van der Waals surface area contributed by atoms with Gasteiger partial charge in [0.2, 0.25) is 5.91 Å². The predicted molar refractivity (Wildman–Crippen MR) is 182 cm³/mol. The highest BCUT2D eigenvalue weighted by atomic mass is 16.5. The number of benzene rings is 2. The standard InChI is InChI=1S/C36H44N6O5/c1-46-33-7-3-2-5-32(33)39-13-15-40(16-14-39)36(45)27-9-10-31(29(22-27)37-34(43)11-12-38-17-19-47-20-18-38)41-23-26-21-28(25-41)30-6-4-8-35(44)42(30)24-26/h2-10,22,26,28H,11-21,23-25H2,1H3,(H,37,43). The molecule has 7 rings (SSSR count). The van der Waals surface area contributed by atoms with Gasteiger partial charge in [0, 0.05) is 95.1 Å². The Labute approximate surface area is 275 Å². The van der Waals surface area contributed by atoms with E-state index in [4.69, 9.17) is 9.47 Å². The first-order valence-electron chi connectivity index (χ1n) is 16.8. The molecule has 248 valence electrons. The van der Waals surface area contributed by atoms with Gasteiger partial charge >= 0.3 is 0 Å². The SMILES string of the molecule is COc1ccccc1N1CCN(C(=O)c2ccc(N3CC4CC(C3)c3cccc(=O)n3C4)c(NC(=O)CCN3CCOCC3)c2)CC1. The van der Waals surface area contributed by atoms with Gasteiger partial charge in [0.15, 0.2) is 0 Å². The Morgan fingerprint density at radius 3 is 2.49 bits per heavy atom. The summed E-state index contributed by atoms with van der Waals surface area (Å²) in [7, 11) is 1.68. The Kier molecular flexibility index (Phi) is 9.17. The van der Waals surface area contributed by atoms with Crippen molar-refractivity contribution >= 4 is 28.9 Å². The Bertz CT molecular complexity index is 1660. The van der Waals surface area contributed by atoms with Crippen LogP contribution < -0.4 is 25.4 Å². The van der Waals surface area contributed by atoms with Crippen LogP contribution in [0.3, 0.4) is 0 Å². The first-order chi connectivity index (χ1) is 23.0.